The van der Waals surface area contributed by atoms with Crippen molar-refractivity contribution < 1.29 is 85.4 Å². The number of nitrogens with zero attached hydrogens (tertiary/aromatic N) is 4. The van der Waals surface area contributed by atoms with Gasteiger partial charge in [0.25, 0.3) is 0 Å². The summed E-state index contributed by atoms with van der Waals surface area (Å²) < 4.78 is 61.7. The molecule has 28 heteroatoms. The number of alkyl carbamates (subject to hydrolysis) is 2. The highest BCUT2D eigenvalue weighted by molar-refractivity contribution is 6.48. The first-order valence-electron chi connectivity index (χ1n) is 40.6. The highest BCUT2D eigenvalue weighted by Gasteiger charge is 2.69. The normalized spacial score (nSPS) is 33.7. The molecular formula is C81H118B2N8O18. The van der Waals surface area contributed by atoms with Crippen molar-refractivity contribution in [2.75, 3.05) is 39.5 Å². The Morgan fingerprint density at radius 2 is 1.03 bits per heavy atom. The second kappa shape index (κ2) is 33.4. The Hall–Kier alpha value is -6.97. The molecule has 5 saturated heterocycles. The van der Waals surface area contributed by atoms with E-state index in [2.05, 4.69) is 62.0 Å². The van der Waals surface area contributed by atoms with Crippen LogP contribution in [0.25, 0.3) is 0 Å². The number of nitrogens with one attached hydrogen (secondary N) is 4. The van der Waals surface area contributed by atoms with Gasteiger partial charge in [-0.2, -0.15) is 0 Å². The Balaban J connectivity index is 0.000000192. The maximum absolute atomic E-state index is 14.6. The van der Waals surface area contributed by atoms with Gasteiger partial charge in [-0.3, -0.25) is 29.0 Å². The number of amides is 8. The van der Waals surface area contributed by atoms with Crippen molar-refractivity contribution >= 4 is 62.2 Å². The van der Waals surface area contributed by atoms with Gasteiger partial charge in [-0.1, -0.05) is 133 Å². The van der Waals surface area contributed by atoms with E-state index in [4.69, 9.17) is 47.0 Å². The molecule has 16 atom stereocenters. The van der Waals surface area contributed by atoms with Gasteiger partial charge in [-0.15, -0.1) is 0 Å². The van der Waals surface area contributed by atoms with Crippen molar-refractivity contribution in [1.29, 1.82) is 0 Å². The summed E-state index contributed by atoms with van der Waals surface area (Å²) in [5.74, 6) is -0.672. The second-order valence-electron chi connectivity index (χ2n) is 36.1. The molecule has 16 rings (SSSR count). The lowest BCUT2D eigenvalue weighted by Crippen LogP contribution is -2.65. The Morgan fingerprint density at radius 3 is 1.54 bits per heavy atom. The van der Waals surface area contributed by atoms with Crippen LogP contribution in [-0.4, -0.2) is 205 Å². The fourth-order valence-corrected chi connectivity index (χ4v) is 19.2. The predicted molar refractivity (Wildman–Crippen MR) is 404 cm³/mol. The van der Waals surface area contributed by atoms with Crippen molar-refractivity contribution in [1.82, 2.24) is 40.9 Å². The van der Waals surface area contributed by atoms with Gasteiger partial charge in [0, 0.05) is 45.6 Å². The Kier molecular flexibility index (Phi) is 24.5. The van der Waals surface area contributed by atoms with Gasteiger partial charge < -0.3 is 78.1 Å². The van der Waals surface area contributed by atoms with Gasteiger partial charge in [-0.25, -0.2) is 19.2 Å². The molecule has 4 bridgehead atoms. The van der Waals surface area contributed by atoms with Gasteiger partial charge >= 0.3 is 38.6 Å². The molecule has 0 spiro atoms. The van der Waals surface area contributed by atoms with E-state index in [0.29, 0.717) is 69.3 Å². The predicted octanol–water partition coefficient (Wildman–Crippen LogP) is 10.4. The van der Waals surface area contributed by atoms with Crippen molar-refractivity contribution in [2.24, 2.45) is 34.5 Å². The number of allylic oxidation sites excluding steroid dienone is 1. The highest BCUT2D eigenvalue weighted by atomic mass is 16.7. The summed E-state index contributed by atoms with van der Waals surface area (Å²) in [7, 11) is -1.23. The van der Waals surface area contributed by atoms with Crippen LogP contribution < -0.4 is 21.3 Å². The molecule has 0 radical (unpaired) electrons. The van der Waals surface area contributed by atoms with Crippen LogP contribution in [-0.2, 0) is 92.4 Å². The first kappa shape index (κ1) is 80.1. The van der Waals surface area contributed by atoms with E-state index in [1.165, 1.54) is 9.80 Å². The number of hydrogen-bond acceptors (Lipinski definition) is 18. The van der Waals surface area contributed by atoms with E-state index in [0.717, 1.165) is 112 Å². The summed E-state index contributed by atoms with van der Waals surface area (Å²) in [6.07, 6.45) is 15.0. The number of ether oxygens (including phenoxy) is 6. The first-order chi connectivity index (χ1) is 51.9. The summed E-state index contributed by atoms with van der Waals surface area (Å²) in [5, 5.41) is 11.9. The van der Waals surface area contributed by atoms with Gasteiger partial charge in [0.15, 0.2) is 0 Å². The van der Waals surface area contributed by atoms with Crippen molar-refractivity contribution in [3.63, 3.8) is 0 Å². The molecule has 8 heterocycles. The summed E-state index contributed by atoms with van der Waals surface area (Å²) in [6.45, 7) is 24.0. The van der Waals surface area contributed by atoms with Crippen molar-refractivity contribution in [2.45, 2.75) is 301 Å². The van der Waals surface area contributed by atoms with Crippen LogP contribution in [0.2, 0.25) is 0 Å². The average molecular weight is 1510 g/mol. The molecule has 2 aromatic rings. The molecule has 26 nitrogen and oxygen atoms in total. The van der Waals surface area contributed by atoms with E-state index in [-0.39, 0.29) is 86.7 Å². The lowest BCUT2D eigenvalue weighted by molar-refractivity contribution is -0.199. The third-order valence-electron chi connectivity index (χ3n) is 25.5. The lowest BCUT2D eigenvalue weighted by Gasteiger charge is -2.64. The topological polar surface area (TPSA) is 290 Å². The maximum Gasteiger partial charge on any atom is 0.481 e. The molecule has 2 aromatic carbocycles. The van der Waals surface area contributed by atoms with Crippen LogP contribution in [0.3, 0.4) is 0 Å². The zero-order valence-corrected chi connectivity index (χ0v) is 66.0. The smallest absolute Gasteiger partial charge is 0.444 e. The number of carbonyl (C=O) groups is 8. The van der Waals surface area contributed by atoms with E-state index < -0.39 is 115 Å². The van der Waals surface area contributed by atoms with Crippen molar-refractivity contribution in [3.8, 4) is 0 Å². The van der Waals surface area contributed by atoms with Crippen LogP contribution in [0.15, 0.2) is 60.7 Å². The van der Waals surface area contributed by atoms with Gasteiger partial charge in [-0.05, 0) is 163 Å². The third-order valence-corrected chi connectivity index (χ3v) is 25.5. The molecule has 8 unspecified atom stereocenters. The molecular weight excluding hydrogens is 1390 g/mol. The lowest BCUT2D eigenvalue weighted by atomic mass is 9.43. The zero-order chi connectivity index (χ0) is 77.3. The number of carbonyl (C=O) groups excluding carboxylic acids is 8. The number of benzene rings is 2. The summed E-state index contributed by atoms with van der Waals surface area (Å²) >= 11 is 0. The van der Waals surface area contributed by atoms with E-state index in [1.807, 2.05) is 54.6 Å². The molecule has 596 valence electrons. The average Bonchev–Trinajstić information content (AvgIpc) is 1.64. The van der Waals surface area contributed by atoms with E-state index >= 15 is 0 Å². The summed E-state index contributed by atoms with van der Waals surface area (Å²) in [4.78, 5) is 117. The van der Waals surface area contributed by atoms with Gasteiger partial charge in [0.1, 0.15) is 47.6 Å². The molecule has 4 N–H and O–H groups in total. The monoisotopic (exact) mass is 1510 g/mol. The summed E-state index contributed by atoms with van der Waals surface area (Å²) in [6, 6.07) is 11.5. The van der Waals surface area contributed by atoms with Gasteiger partial charge in [0.05, 0.1) is 68.7 Å². The minimum Gasteiger partial charge on any atom is -0.444 e. The number of fused-ring (bicyclic) bond motifs is 4. The Labute approximate surface area is 643 Å². The number of hydrogen-bond donors (Lipinski definition) is 4. The Bertz CT molecular complexity index is 3610. The molecule has 14 aliphatic rings. The molecule has 109 heavy (non-hydrogen) atoms. The first-order valence-corrected chi connectivity index (χ1v) is 40.6. The fourth-order valence-electron chi connectivity index (χ4n) is 19.2. The standard InChI is InChI=1S/C41H59BN4O9.C40H59BN4O9/c1-39(2,3)53-37(49)43-30-25-51-18-14-10-8-7-9-11-17-34(42-54-33-20-28-19-32(40(28,4)5)41(33,6)55-42)44-35(47)31-21-29(24-46(31)36(30)48)52-38(50)45-22-26-15-12-13-16-27(26)23-45;1-39(2,3)52-37(48)42-30-24-50-17-13-9-7-6-8-10-16-33(41-53-32-19-27-18-29(34(32)54-41)40(27,4)5)43-35(46)31-20-28(23-45(31)36(30)47)51-38(49)44-21-25-14-11-12-15-26(25)22-44/h10,12-16,28-34H,7-9,11,17-25H2,1-6H3,(H,43,49)(H,44,47);11-12,14-15,27-34H,6-10,13,16-24H2,1-5H3,(H,42,48)(H,43,46)/b14-10+;/t28?,29-,30-,31+,32?,33?,34-,41?;27?,28-,29?,30-,31+,32?,33-,34?/m11/s1. The van der Waals surface area contributed by atoms with Crippen LogP contribution in [0.4, 0.5) is 19.2 Å². The molecule has 6 aliphatic carbocycles. The SMILES string of the molecule is CC(C)(C)OC(=O)N[C@@H]1COC/C=C/CCCCC[C@H](B2OC3CC4CC(C4(C)C)C3(C)O2)NC(=O)[C@@H]2C[C@@H](OC(=O)N3Cc4ccccc4C3)CN2C1=O.CC(C)(C)OC(=O)N[C@@H]1COCCCCCCCC[C@H](B2OC3CC4CC(C3O2)C4(C)C)NC(=O)[C@@H]2C[C@@H](OC(=O)N3Cc4ccccc4C3)CN2C1=O. The van der Waals surface area contributed by atoms with Crippen LogP contribution in [0.1, 0.15) is 214 Å². The molecule has 8 aliphatic heterocycles. The van der Waals surface area contributed by atoms with Crippen LogP contribution in [0.5, 0.6) is 0 Å². The minimum absolute atomic E-state index is 0.000715. The molecule has 0 aromatic heterocycles. The maximum atomic E-state index is 14.6. The second-order valence-corrected chi connectivity index (χ2v) is 36.1. The molecule has 11 fully saturated rings. The van der Waals surface area contributed by atoms with Gasteiger partial charge in [0.2, 0.25) is 23.6 Å². The van der Waals surface area contributed by atoms with E-state index in [9.17, 15) is 38.4 Å². The number of rotatable bonds is 6. The highest BCUT2D eigenvalue weighted by Crippen LogP contribution is 2.66. The fraction of sp³-hybridized carbons (Fsp3) is 0.728. The Morgan fingerprint density at radius 1 is 0.541 bits per heavy atom. The molecule has 6 saturated carbocycles. The van der Waals surface area contributed by atoms with E-state index in [1.54, 1.807) is 51.3 Å². The van der Waals surface area contributed by atoms with Crippen molar-refractivity contribution in [3.05, 3.63) is 82.9 Å². The van der Waals surface area contributed by atoms with Crippen LogP contribution in [0, 0.1) is 34.5 Å². The quantitative estimate of drug-likeness (QED) is 0.119. The minimum atomic E-state index is -1.16. The largest absolute Gasteiger partial charge is 0.481 e. The third kappa shape index (κ3) is 18.4. The molecule has 8 amide bonds. The zero-order valence-electron chi connectivity index (χ0n) is 66.0. The summed E-state index contributed by atoms with van der Waals surface area (Å²) in [5.41, 5.74) is 2.58. The van der Waals surface area contributed by atoms with Crippen LogP contribution >= 0.6 is 0 Å².